The molecule has 0 unspecified atom stereocenters. The van der Waals surface area contributed by atoms with E-state index in [-0.39, 0.29) is 22.9 Å². The van der Waals surface area contributed by atoms with Crippen LogP contribution in [0.1, 0.15) is 42.3 Å². The van der Waals surface area contributed by atoms with Crippen molar-refractivity contribution in [1.82, 2.24) is 10.3 Å². The second-order valence-electron chi connectivity index (χ2n) is 7.59. The fourth-order valence-electron chi connectivity index (χ4n) is 3.53. The lowest BCUT2D eigenvalue weighted by Crippen LogP contribution is -2.26. The van der Waals surface area contributed by atoms with Crippen LogP contribution in [0.3, 0.4) is 0 Å². The predicted molar refractivity (Wildman–Crippen MR) is 110 cm³/mol. The Kier molecular flexibility index (Phi) is 5.69. The molecule has 1 saturated carbocycles. The number of para-hydroxylation sites is 1. The number of benzene rings is 1. The minimum absolute atomic E-state index is 0.0676. The van der Waals surface area contributed by atoms with Crippen molar-refractivity contribution in [2.24, 2.45) is 5.92 Å². The van der Waals surface area contributed by atoms with E-state index in [0.717, 1.165) is 39.2 Å². The molecule has 0 bridgehead atoms. The molecule has 4 nitrogen and oxygen atoms in total. The molecule has 1 aliphatic carbocycles. The van der Waals surface area contributed by atoms with Gasteiger partial charge in [-0.1, -0.05) is 24.3 Å². The molecular formula is C22H21F3N2O2S. The van der Waals surface area contributed by atoms with Crippen molar-refractivity contribution in [3.05, 3.63) is 59.1 Å². The minimum atomic E-state index is -4.37. The third-order valence-electron chi connectivity index (χ3n) is 5.15. The highest BCUT2D eigenvalue weighted by Crippen LogP contribution is 2.49. The SMILES string of the molecule is C[C@@H](NC(=O)C[C@@H]1C[C@@H]1c1ccc2ccccc2n1)c1ccc(OCC(F)(F)F)s1. The number of carbonyl (C=O) groups excluding carboxylic acids is 1. The van der Waals surface area contributed by atoms with Crippen LogP contribution in [0.4, 0.5) is 13.2 Å². The molecule has 0 spiro atoms. The van der Waals surface area contributed by atoms with Crippen LogP contribution in [0.25, 0.3) is 10.9 Å². The predicted octanol–water partition coefficient (Wildman–Crippen LogP) is 5.61. The molecular weight excluding hydrogens is 413 g/mol. The van der Waals surface area contributed by atoms with Crippen molar-refractivity contribution in [1.29, 1.82) is 0 Å². The van der Waals surface area contributed by atoms with Crippen LogP contribution in [0, 0.1) is 5.92 Å². The van der Waals surface area contributed by atoms with E-state index in [1.54, 1.807) is 6.07 Å². The Bertz CT molecular complexity index is 1050. The first-order valence-electron chi connectivity index (χ1n) is 9.73. The summed E-state index contributed by atoms with van der Waals surface area (Å²) in [5, 5.41) is 4.21. The number of rotatable bonds is 7. The van der Waals surface area contributed by atoms with Gasteiger partial charge in [-0.15, -0.1) is 11.3 Å². The van der Waals surface area contributed by atoms with Gasteiger partial charge in [0.1, 0.15) is 0 Å². The zero-order chi connectivity index (χ0) is 21.3. The van der Waals surface area contributed by atoms with Crippen molar-refractivity contribution in [3.63, 3.8) is 0 Å². The van der Waals surface area contributed by atoms with Crippen molar-refractivity contribution in [2.45, 2.75) is 37.9 Å². The van der Waals surface area contributed by atoms with Gasteiger partial charge in [0.25, 0.3) is 0 Å². The third-order valence-corrected chi connectivity index (χ3v) is 6.33. The van der Waals surface area contributed by atoms with Gasteiger partial charge in [-0.3, -0.25) is 9.78 Å². The molecule has 0 saturated heterocycles. The standard InChI is InChI=1S/C22H21F3N2O2S/c1-13(19-8-9-21(30-19)29-12-22(23,24)25)26-20(28)11-15-10-16(15)18-7-6-14-4-2-3-5-17(14)27-18/h2-9,13,15-16H,10-12H2,1H3,(H,26,28)/t13-,15+,16+/m1/s1. The molecule has 158 valence electrons. The van der Waals surface area contributed by atoms with Gasteiger partial charge in [0.2, 0.25) is 5.91 Å². The molecule has 1 amide bonds. The summed E-state index contributed by atoms with van der Waals surface area (Å²) in [6.07, 6.45) is -3.03. The molecule has 30 heavy (non-hydrogen) atoms. The summed E-state index contributed by atoms with van der Waals surface area (Å²) in [6.45, 7) is 0.492. The highest BCUT2D eigenvalue weighted by molar-refractivity contribution is 7.13. The van der Waals surface area contributed by atoms with E-state index in [9.17, 15) is 18.0 Å². The summed E-state index contributed by atoms with van der Waals surface area (Å²) < 4.78 is 41.5. The lowest BCUT2D eigenvalue weighted by atomic mass is 10.1. The molecule has 0 aliphatic heterocycles. The summed E-state index contributed by atoms with van der Waals surface area (Å²) in [4.78, 5) is 17.9. The largest absolute Gasteiger partial charge is 0.475 e. The van der Waals surface area contributed by atoms with Gasteiger partial charge in [-0.05, 0) is 43.5 Å². The molecule has 4 rings (SSSR count). The summed E-state index contributed by atoms with van der Waals surface area (Å²) in [5.41, 5.74) is 1.98. The Labute approximate surface area is 176 Å². The summed E-state index contributed by atoms with van der Waals surface area (Å²) >= 11 is 1.11. The van der Waals surface area contributed by atoms with Crippen LogP contribution >= 0.6 is 11.3 Å². The Morgan fingerprint density at radius 1 is 1.23 bits per heavy atom. The first kappa shape index (κ1) is 20.7. The van der Waals surface area contributed by atoms with Crippen LogP contribution in [0.2, 0.25) is 0 Å². The number of carbonyl (C=O) groups is 1. The Morgan fingerprint density at radius 2 is 2.03 bits per heavy atom. The van der Waals surface area contributed by atoms with Gasteiger partial charge in [-0.25, -0.2) is 0 Å². The number of fused-ring (bicyclic) bond motifs is 1. The minimum Gasteiger partial charge on any atom is -0.475 e. The molecule has 1 fully saturated rings. The molecule has 2 heterocycles. The molecule has 1 N–H and O–H groups in total. The first-order valence-corrected chi connectivity index (χ1v) is 10.5. The summed E-state index contributed by atoms with van der Waals surface area (Å²) in [7, 11) is 0. The summed E-state index contributed by atoms with van der Waals surface area (Å²) in [6, 6.07) is 14.9. The van der Waals surface area contributed by atoms with Gasteiger partial charge in [0.15, 0.2) is 11.7 Å². The Balaban J connectivity index is 1.28. The maximum Gasteiger partial charge on any atom is 0.422 e. The molecule has 2 aromatic heterocycles. The molecule has 0 radical (unpaired) electrons. The van der Waals surface area contributed by atoms with Crippen molar-refractivity contribution < 1.29 is 22.7 Å². The fourth-order valence-corrected chi connectivity index (χ4v) is 4.39. The number of thiophene rings is 1. The van der Waals surface area contributed by atoms with E-state index in [1.807, 2.05) is 37.3 Å². The van der Waals surface area contributed by atoms with Crippen molar-refractivity contribution in [2.75, 3.05) is 6.61 Å². The van der Waals surface area contributed by atoms with E-state index in [2.05, 4.69) is 11.4 Å². The van der Waals surface area contributed by atoms with Crippen LogP contribution in [-0.2, 0) is 4.79 Å². The maximum atomic E-state index is 12.4. The number of halogens is 3. The van der Waals surface area contributed by atoms with Crippen LogP contribution in [-0.4, -0.2) is 23.7 Å². The average molecular weight is 434 g/mol. The molecule has 8 heteroatoms. The third kappa shape index (κ3) is 5.11. The summed E-state index contributed by atoms with van der Waals surface area (Å²) in [5.74, 6) is 0.488. The van der Waals surface area contributed by atoms with Crippen LogP contribution in [0.15, 0.2) is 48.5 Å². The zero-order valence-electron chi connectivity index (χ0n) is 16.3. The quantitative estimate of drug-likeness (QED) is 0.526. The Morgan fingerprint density at radius 3 is 2.83 bits per heavy atom. The lowest BCUT2D eigenvalue weighted by molar-refractivity contribution is -0.152. The first-order chi connectivity index (χ1) is 14.3. The topological polar surface area (TPSA) is 51.2 Å². The highest BCUT2D eigenvalue weighted by Gasteiger charge is 2.40. The van der Waals surface area contributed by atoms with E-state index < -0.39 is 12.8 Å². The molecule has 3 aromatic rings. The van der Waals surface area contributed by atoms with Crippen LogP contribution < -0.4 is 10.1 Å². The second-order valence-corrected chi connectivity index (χ2v) is 8.66. The molecule has 1 aliphatic rings. The fraction of sp³-hybridized carbons (Fsp3) is 0.364. The average Bonchev–Trinajstić information content (AvgIpc) is 3.28. The van der Waals surface area contributed by atoms with E-state index in [4.69, 9.17) is 9.72 Å². The molecule has 3 atom stereocenters. The number of nitrogens with one attached hydrogen (secondary N) is 1. The van der Waals surface area contributed by atoms with Crippen molar-refractivity contribution in [3.8, 4) is 5.06 Å². The van der Waals surface area contributed by atoms with Gasteiger partial charge >= 0.3 is 6.18 Å². The number of ether oxygens (including phenoxy) is 1. The van der Waals surface area contributed by atoms with Gasteiger partial charge < -0.3 is 10.1 Å². The number of hydrogen-bond donors (Lipinski definition) is 1. The zero-order valence-corrected chi connectivity index (χ0v) is 17.1. The second kappa shape index (κ2) is 8.26. The number of hydrogen-bond acceptors (Lipinski definition) is 4. The van der Waals surface area contributed by atoms with Gasteiger partial charge in [0, 0.05) is 28.3 Å². The number of aromatic nitrogens is 1. The van der Waals surface area contributed by atoms with Gasteiger partial charge in [0.05, 0.1) is 11.6 Å². The van der Waals surface area contributed by atoms with E-state index in [1.165, 1.54) is 6.07 Å². The maximum absolute atomic E-state index is 12.4. The van der Waals surface area contributed by atoms with E-state index >= 15 is 0 Å². The van der Waals surface area contributed by atoms with E-state index in [0.29, 0.717) is 12.3 Å². The number of alkyl halides is 3. The molecule has 1 aromatic carbocycles. The number of pyridine rings is 1. The van der Waals surface area contributed by atoms with Crippen LogP contribution in [0.5, 0.6) is 5.06 Å². The lowest BCUT2D eigenvalue weighted by Gasteiger charge is -2.12. The van der Waals surface area contributed by atoms with Gasteiger partial charge in [-0.2, -0.15) is 13.2 Å². The number of nitrogens with zero attached hydrogens (tertiary/aromatic N) is 1. The highest BCUT2D eigenvalue weighted by atomic mass is 32.1. The normalized spacial score (nSPS) is 19.5. The smallest absolute Gasteiger partial charge is 0.422 e. The monoisotopic (exact) mass is 434 g/mol. The number of amides is 1. The van der Waals surface area contributed by atoms with Crippen molar-refractivity contribution >= 4 is 28.1 Å². The Hall–Kier alpha value is -2.61.